The zero-order valence-corrected chi connectivity index (χ0v) is 12.8. The summed E-state index contributed by atoms with van der Waals surface area (Å²) in [5.74, 6) is -0.375. The maximum atomic E-state index is 13.3. The van der Waals surface area contributed by atoms with Gasteiger partial charge in [0.05, 0.1) is 17.0 Å². The largest absolute Gasteiger partial charge is 0.361 e. The van der Waals surface area contributed by atoms with Crippen LogP contribution in [0.4, 0.5) is 10.1 Å². The molecule has 0 saturated heterocycles. The number of nitriles is 1. The van der Waals surface area contributed by atoms with Crippen molar-refractivity contribution in [3.63, 3.8) is 0 Å². The van der Waals surface area contributed by atoms with Gasteiger partial charge in [-0.25, -0.2) is 4.39 Å². The molecule has 0 unspecified atom stereocenters. The molecule has 4 rings (SSSR count). The molecule has 5 heteroatoms. The topological polar surface area (TPSA) is 68.7 Å². The molecular weight excluding hydrogens is 305 g/mol. The minimum absolute atomic E-state index is 0.0718. The molecule has 1 saturated carbocycles. The van der Waals surface area contributed by atoms with Crippen LogP contribution in [0.15, 0.2) is 48.7 Å². The van der Waals surface area contributed by atoms with Gasteiger partial charge in [-0.05, 0) is 60.9 Å². The number of nitrogens with zero attached hydrogens (tertiary/aromatic N) is 1. The van der Waals surface area contributed by atoms with Crippen LogP contribution in [0.3, 0.4) is 0 Å². The molecule has 1 heterocycles. The van der Waals surface area contributed by atoms with Crippen molar-refractivity contribution in [2.75, 3.05) is 5.32 Å². The van der Waals surface area contributed by atoms with Gasteiger partial charge in [0.25, 0.3) is 0 Å². The van der Waals surface area contributed by atoms with E-state index in [1.807, 2.05) is 6.07 Å². The monoisotopic (exact) mass is 319 g/mol. The predicted molar refractivity (Wildman–Crippen MR) is 89.0 cm³/mol. The second kappa shape index (κ2) is 5.20. The Kier molecular flexibility index (Phi) is 3.14. The average Bonchev–Trinajstić information content (AvgIpc) is 3.30. The number of fused-ring (bicyclic) bond motifs is 1. The van der Waals surface area contributed by atoms with E-state index in [-0.39, 0.29) is 11.7 Å². The highest BCUT2D eigenvalue weighted by molar-refractivity contribution is 6.04. The average molecular weight is 319 g/mol. The van der Waals surface area contributed by atoms with Gasteiger partial charge in [-0.15, -0.1) is 0 Å². The van der Waals surface area contributed by atoms with Crippen LogP contribution in [0.5, 0.6) is 0 Å². The molecule has 1 aliphatic carbocycles. The number of hydrogen-bond donors (Lipinski definition) is 2. The highest BCUT2D eigenvalue weighted by Gasteiger charge is 2.52. The van der Waals surface area contributed by atoms with Crippen LogP contribution >= 0.6 is 0 Å². The van der Waals surface area contributed by atoms with Crippen LogP contribution in [-0.4, -0.2) is 10.9 Å². The molecule has 2 aromatic carbocycles. The number of rotatable bonds is 3. The summed E-state index contributed by atoms with van der Waals surface area (Å²) >= 11 is 0. The highest BCUT2D eigenvalue weighted by Crippen LogP contribution is 2.51. The Morgan fingerprint density at radius 1 is 1.21 bits per heavy atom. The minimum Gasteiger partial charge on any atom is -0.361 e. The summed E-state index contributed by atoms with van der Waals surface area (Å²) in [5, 5.41) is 12.6. The fourth-order valence-electron chi connectivity index (χ4n) is 3.12. The first kappa shape index (κ1) is 14.5. The summed E-state index contributed by atoms with van der Waals surface area (Å²) in [4.78, 5) is 15.8. The molecule has 3 aromatic rings. The third kappa shape index (κ3) is 2.24. The summed E-state index contributed by atoms with van der Waals surface area (Å²) in [6, 6.07) is 13.4. The van der Waals surface area contributed by atoms with Gasteiger partial charge in [-0.2, -0.15) is 5.26 Å². The van der Waals surface area contributed by atoms with Gasteiger partial charge in [-0.3, -0.25) is 4.79 Å². The van der Waals surface area contributed by atoms with Crippen LogP contribution in [-0.2, 0) is 10.2 Å². The Labute approximate surface area is 137 Å². The SMILES string of the molecule is N#Cc1ccc(NC(=O)C2(c3c[nH]c4cc(F)ccc34)CC2)cc1. The fraction of sp³-hybridized carbons (Fsp3) is 0.158. The Balaban J connectivity index is 1.64. The van der Waals surface area contributed by atoms with Crippen molar-refractivity contribution in [2.24, 2.45) is 0 Å². The van der Waals surface area contributed by atoms with E-state index in [0.717, 1.165) is 23.8 Å². The Bertz CT molecular complexity index is 978. The third-order valence-corrected chi connectivity index (χ3v) is 4.62. The minimum atomic E-state index is -0.565. The quantitative estimate of drug-likeness (QED) is 0.770. The van der Waals surface area contributed by atoms with Crippen LogP contribution in [0.25, 0.3) is 10.9 Å². The molecule has 1 fully saturated rings. The van der Waals surface area contributed by atoms with Crippen LogP contribution in [0, 0.1) is 17.1 Å². The Morgan fingerprint density at radius 2 is 1.96 bits per heavy atom. The normalized spacial score (nSPS) is 15.0. The van der Waals surface area contributed by atoms with E-state index in [2.05, 4.69) is 10.3 Å². The number of H-pyrrole nitrogens is 1. The molecule has 1 amide bonds. The second-order valence-corrected chi connectivity index (χ2v) is 6.12. The number of carbonyl (C=O) groups is 1. The van der Waals surface area contributed by atoms with Crippen molar-refractivity contribution in [3.8, 4) is 6.07 Å². The van der Waals surface area contributed by atoms with E-state index < -0.39 is 5.41 Å². The van der Waals surface area contributed by atoms with Gasteiger partial charge in [0, 0.05) is 22.8 Å². The number of amides is 1. The van der Waals surface area contributed by atoms with E-state index in [0.29, 0.717) is 16.8 Å². The smallest absolute Gasteiger partial charge is 0.235 e. The molecular formula is C19H14FN3O. The number of nitrogens with one attached hydrogen (secondary N) is 2. The van der Waals surface area contributed by atoms with Gasteiger partial charge in [0.1, 0.15) is 5.82 Å². The summed E-state index contributed by atoms with van der Waals surface area (Å²) in [7, 11) is 0. The lowest BCUT2D eigenvalue weighted by molar-refractivity contribution is -0.118. The first-order valence-corrected chi connectivity index (χ1v) is 7.71. The van der Waals surface area contributed by atoms with E-state index >= 15 is 0 Å². The highest BCUT2D eigenvalue weighted by atomic mass is 19.1. The molecule has 0 spiro atoms. The first-order valence-electron chi connectivity index (χ1n) is 7.71. The van der Waals surface area contributed by atoms with Gasteiger partial charge in [0.2, 0.25) is 5.91 Å². The lowest BCUT2D eigenvalue weighted by Crippen LogP contribution is -2.27. The molecule has 0 atom stereocenters. The molecule has 1 aromatic heterocycles. The van der Waals surface area contributed by atoms with E-state index in [1.165, 1.54) is 12.1 Å². The molecule has 0 bridgehead atoms. The van der Waals surface area contributed by atoms with Crippen molar-refractivity contribution in [3.05, 3.63) is 65.6 Å². The Hall–Kier alpha value is -3.13. The number of aromatic nitrogens is 1. The zero-order chi connectivity index (χ0) is 16.7. The molecule has 4 nitrogen and oxygen atoms in total. The Morgan fingerprint density at radius 3 is 2.62 bits per heavy atom. The van der Waals surface area contributed by atoms with E-state index in [1.54, 1.807) is 36.5 Å². The standard InChI is InChI=1S/C19H14FN3O/c20-13-3-6-15-16(11-22-17(15)9-13)19(7-8-19)18(24)23-14-4-1-12(10-21)2-5-14/h1-6,9,11,22H,7-8H2,(H,23,24). The summed E-state index contributed by atoms with van der Waals surface area (Å²) in [6.45, 7) is 0. The van der Waals surface area contributed by atoms with Crippen molar-refractivity contribution in [1.82, 2.24) is 4.98 Å². The van der Waals surface area contributed by atoms with Crippen LogP contribution < -0.4 is 5.32 Å². The predicted octanol–water partition coefficient (Wildman–Crippen LogP) is 3.85. The maximum Gasteiger partial charge on any atom is 0.235 e. The maximum absolute atomic E-state index is 13.3. The van der Waals surface area contributed by atoms with E-state index in [9.17, 15) is 9.18 Å². The van der Waals surface area contributed by atoms with Gasteiger partial charge >= 0.3 is 0 Å². The van der Waals surface area contributed by atoms with Crippen molar-refractivity contribution in [2.45, 2.75) is 18.3 Å². The van der Waals surface area contributed by atoms with E-state index in [4.69, 9.17) is 5.26 Å². The number of hydrogen-bond acceptors (Lipinski definition) is 2. The van der Waals surface area contributed by atoms with Gasteiger partial charge in [-0.1, -0.05) is 0 Å². The van der Waals surface area contributed by atoms with Crippen molar-refractivity contribution in [1.29, 1.82) is 5.26 Å². The summed E-state index contributed by atoms with van der Waals surface area (Å²) < 4.78 is 13.3. The van der Waals surface area contributed by atoms with Gasteiger partial charge in [0.15, 0.2) is 0 Å². The zero-order valence-electron chi connectivity index (χ0n) is 12.8. The van der Waals surface area contributed by atoms with Crippen LogP contribution in [0.1, 0.15) is 24.0 Å². The molecule has 0 radical (unpaired) electrons. The first-order chi connectivity index (χ1) is 11.6. The molecule has 118 valence electrons. The third-order valence-electron chi connectivity index (χ3n) is 4.62. The molecule has 0 aliphatic heterocycles. The van der Waals surface area contributed by atoms with Crippen molar-refractivity contribution < 1.29 is 9.18 Å². The number of aromatic amines is 1. The number of anilines is 1. The molecule has 24 heavy (non-hydrogen) atoms. The number of benzene rings is 2. The van der Waals surface area contributed by atoms with Gasteiger partial charge < -0.3 is 10.3 Å². The fourth-order valence-corrected chi connectivity index (χ4v) is 3.12. The lowest BCUT2D eigenvalue weighted by atomic mass is 9.94. The van der Waals surface area contributed by atoms with Crippen LogP contribution in [0.2, 0.25) is 0 Å². The number of halogens is 1. The summed E-state index contributed by atoms with van der Waals surface area (Å²) in [5.41, 5.74) is 2.25. The summed E-state index contributed by atoms with van der Waals surface area (Å²) in [6.07, 6.45) is 3.33. The second-order valence-electron chi connectivity index (χ2n) is 6.12. The lowest BCUT2D eigenvalue weighted by Gasteiger charge is -2.15. The van der Waals surface area contributed by atoms with Crippen molar-refractivity contribution >= 4 is 22.5 Å². The number of carbonyl (C=O) groups excluding carboxylic acids is 1. The molecule has 1 aliphatic rings. The molecule has 2 N–H and O–H groups in total.